The maximum Gasteiger partial charge on any atom is 0.354 e. The van der Waals surface area contributed by atoms with Crippen LogP contribution in [0.1, 0.15) is 30.8 Å². The van der Waals surface area contributed by atoms with Crippen molar-refractivity contribution in [2.75, 3.05) is 17.6 Å². The number of aromatic carboxylic acids is 1. The molecule has 1 heterocycles. The highest BCUT2D eigenvalue weighted by Crippen LogP contribution is 2.15. The second-order valence-corrected chi connectivity index (χ2v) is 4.34. The van der Waals surface area contributed by atoms with Gasteiger partial charge in [-0.1, -0.05) is 0 Å². The number of carboxylic acids is 1. The number of nitrogens with one attached hydrogen (secondary N) is 2. The van der Waals surface area contributed by atoms with Gasteiger partial charge in [0.2, 0.25) is 5.91 Å². The van der Waals surface area contributed by atoms with E-state index < -0.39 is 5.97 Å². The van der Waals surface area contributed by atoms with Gasteiger partial charge in [0, 0.05) is 19.0 Å². The normalized spacial score (nSPS) is 10.3. The van der Waals surface area contributed by atoms with Gasteiger partial charge >= 0.3 is 5.97 Å². The molecule has 1 aromatic rings. The zero-order valence-corrected chi connectivity index (χ0v) is 10.9. The Balaban J connectivity index is 2.55. The molecule has 104 valence electrons. The van der Waals surface area contributed by atoms with Crippen LogP contribution in [0.15, 0.2) is 12.1 Å². The summed E-state index contributed by atoms with van der Waals surface area (Å²) in [6.45, 7) is 4.08. The zero-order valence-electron chi connectivity index (χ0n) is 10.9. The SMILES string of the molecule is CC(C)NC(=O)CCNc1nc(C(=O)O)ccc1N. The molecule has 0 aliphatic heterocycles. The van der Waals surface area contributed by atoms with Gasteiger partial charge in [-0.25, -0.2) is 9.78 Å². The van der Waals surface area contributed by atoms with Gasteiger partial charge in [-0.2, -0.15) is 0 Å². The van der Waals surface area contributed by atoms with Crippen molar-refractivity contribution in [1.29, 1.82) is 0 Å². The number of hydrogen-bond acceptors (Lipinski definition) is 5. The Bertz CT molecular complexity index is 474. The molecule has 19 heavy (non-hydrogen) atoms. The quantitative estimate of drug-likeness (QED) is 0.601. The van der Waals surface area contributed by atoms with Gasteiger partial charge < -0.3 is 21.5 Å². The number of rotatable bonds is 6. The Kier molecular flexibility index (Phi) is 5.11. The smallest absolute Gasteiger partial charge is 0.354 e. The van der Waals surface area contributed by atoms with E-state index in [1.165, 1.54) is 12.1 Å². The van der Waals surface area contributed by atoms with Gasteiger partial charge in [0.25, 0.3) is 0 Å². The van der Waals surface area contributed by atoms with E-state index in [-0.39, 0.29) is 29.9 Å². The number of carbonyl (C=O) groups is 2. The van der Waals surface area contributed by atoms with Gasteiger partial charge in [0.15, 0.2) is 5.69 Å². The fourth-order valence-corrected chi connectivity index (χ4v) is 1.42. The van der Waals surface area contributed by atoms with Crippen LogP contribution in [0.2, 0.25) is 0 Å². The molecule has 1 amide bonds. The van der Waals surface area contributed by atoms with Crippen LogP contribution in [0.3, 0.4) is 0 Å². The molecule has 0 unspecified atom stereocenters. The summed E-state index contributed by atoms with van der Waals surface area (Å²) in [6, 6.07) is 2.88. The Labute approximate surface area is 111 Å². The zero-order chi connectivity index (χ0) is 14.4. The number of nitrogen functional groups attached to an aromatic ring is 1. The fraction of sp³-hybridized carbons (Fsp3) is 0.417. The van der Waals surface area contributed by atoms with Crippen molar-refractivity contribution >= 4 is 23.4 Å². The lowest BCUT2D eigenvalue weighted by molar-refractivity contribution is -0.121. The molecule has 7 nitrogen and oxygen atoms in total. The number of amides is 1. The van der Waals surface area contributed by atoms with Crippen LogP contribution in [0.4, 0.5) is 11.5 Å². The molecule has 1 rings (SSSR count). The summed E-state index contributed by atoms with van der Waals surface area (Å²) in [6.07, 6.45) is 0.261. The molecule has 0 saturated carbocycles. The summed E-state index contributed by atoms with van der Waals surface area (Å²) in [5.41, 5.74) is 5.92. The summed E-state index contributed by atoms with van der Waals surface area (Å²) < 4.78 is 0. The second-order valence-electron chi connectivity index (χ2n) is 4.34. The van der Waals surface area contributed by atoms with Crippen molar-refractivity contribution in [2.24, 2.45) is 0 Å². The molecule has 0 spiro atoms. The molecule has 0 atom stereocenters. The van der Waals surface area contributed by atoms with Crippen molar-refractivity contribution in [3.63, 3.8) is 0 Å². The summed E-state index contributed by atoms with van der Waals surface area (Å²) in [7, 11) is 0. The van der Waals surface area contributed by atoms with Crippen LogP contribution < -0.4 is 16.4 Å². The number of anilines is 2. The molecule has 0 aliphatic carbocycles. The lowest BCUT2D eigenvalue weighted by Gasteiger charge is -2.10. The van der Waals surface area contributed by atoms with E-state index in [9.17, 15) is 9.59 Å². The number of nitrogens with two attached hydrogens (primary N) is 1. The lowest BCUT2D eigenvalue weighted by Crippen LogP contribution is -2.31. The minimum absolute atomic E-state index is 0.0875. The Morgan fingerprint density at radius 2 is 2.11 bits per heavy atom. The highest BCUT2D eigenvalue weighted by Gasteiger charge is 2.09. The van der Waals surface area contributed by atoms with Crippen LogP contribution in [-0.4, -0.2) is 34.6 Å². The standard InChI is InChI=1S/C12H18N4O3/c1-7(2)15-10(17)5-6-14-11-8(13)3-4-9(16-11)12(18)19/h3-4,7H,5-6,13H2,1-2H3,(H,14,16)(H,15,17)(H,18,19). The first-order valence-electron chi connectivity index (χ1n) is 5.93. The van der Waals surface area contributed by atoms with Gasteiger partial charge in [0.05, 0.1) is 5.69 Å². The van der Waals surface area contributed by atoms with Crippen molar-refractivity contribution in [3.8, 4) is 0 Å². The maximum absolute atomic E-state index is 11.4. The van der Waals surface area contributed by atoms with Gasteiger partial charge in [-0.05, 0) is 26.0 Å². The Hall–Kier alpha value is -2.31. The van der Waals surface area contributed by atoms with Crippen LogP contribution >= 0.6 is 0 Å². The first-order chi connectivity index (χ1) is 8.90. The molecule has 0 aliphatic rings. The monoisotopic (exact) mass is 266 g/mol. The van der Waals surface area contributed by atoms with Crippen molar-refractivity contribution in [2.45, 2.75) is 26.3 Å². The highest BCUT2D eigenvalue weighted by molar-refractivity contribution is 5.86. The summed E-state index contributed by atoms with van der Waals surface area (Å²) in [5.74, 6) is -0.937. The third-order valence-electron chi connectivity index (χ3n) is 2.24. The van der Waals surface area contributed by atoms with E-state index in [4.69, 9.17) is 10.8 Å². The van der Waals surface area contributed by atoms with E-state index in [0.29, 0.717) is 12.2 Å². The largest absolute Gasteiger partial charge is 0.477 e. The van der Waals surface area contributed by atoms with E-state index in [2.05, 4.69) is 15.6 Å². The van der Waals surface area contributed by atoms with Crippen molar-refractivity contribution in [3.05, 3.63) is 17.8 Å². The Morgan fingerprint density at radius 1 is 1.42 bits per heavy atom. The van der Waals surface area contributed by atoms with Gasteiger partial charge in [-0.15, -0.1) is 0 Å². The van der Waals surface area contributed by atoms with E-state index >= 15 is 0 Å². The average molecular weight is 266 g/mol. The Morgan fingerprint density at radius 3 is 2.68 bits per heavy atom. The first kappa shape index (κ1) is 14.7. The number of pyridine rings is 1. The molecular weight excluding hydrogens is 248 g/mol. The molecule has 0 saturated heterocycles. The summed E-state index contributed by atoms with van der Waals surface area (Å²) in [4.78, 5) is 26.0. The predicted molar refractivity (Wildman–Crippen MR) is 72.0 cm³/mol. The minimum atomic E-state index is -1.12. The predicted octanol–water partition coefficient (Wildman–Crippen LogP) is 0.689. The summed E-state index contributed by atoms with van der Waals surface area (Å²) >= 11 is 0. The van der Waals surface area contributed by atoms with Crippen molar-refractivity contribution < 1.29 is 14.7 Å². The number of carboxylic acid groups (broad SMARTS) is 1. The first-order valence-corrected chi connectivity index (χ1v) is 5.93. The highest BCUT2D eigenvalue weighted by atomic mass is 16.4. The molecule has 0 aromatic carbocycles. The second kappa shape index (κ2) is 6.58. The van der Waals surface area contributed by atoms with Crippen molar-refractivity contribution in [1.82, 2.24) is 10.3 Å². The third-order valence-corrected chi connectivity index (χ3v) is 2.24. The third kappa shape index (κ3) is 4.82. The summed E-state index contributed by atoms with van der Waals surface area (Å²) in [5, 5.41) is 14.4. The number of carbonyl (C=O) groups excluding carboxylic acids is 1. The molecule has 0 radical (unpaired) electrons. The van der Waals surface area contributed by atoms with E-state index in [1.807, 2.05) is 13.8 Å². The lowest BCUT2D eigenvalue weighted by atomic mass is 10.3. The number of nitrogens with zero attached hydrogens (tertiary/aromatic N) is 1. The molecule has 0 bridgehead atoms. The number of aromatic nitrogens is 1. The van der Waals surface area contributed by atoms with E-state index in [1.54, 1.807) is 0 Å². The van der Waals surface area contributed by atoms with E-state index in [0.717, 1.165) is 0 Å². The van der Waals surface area contributed by atoms with Gasteiger partial charge in [0.1, 0.15) is 5.82 Å². The van der Waals surface area contributed by atoms with Gasteiger partial charge in [-0.3, -0.25) is 4.79 Å². The topological polar surface area (TPSA) is 117 Å². The molecule has 5 N–H and O–H groups in total. The van der Waals surface area contributed by atoms with Crippen LogP contribution in [0.25, 0.3) is 0 Å². The average Bonchev–Trinajstić information content (AvgIpc) is 2.30. The maximum atomic E-state index is 11.4. The van der Waals surface area contributed by atoms with Crippen LogP contribution in [-0.2, 0) is 4.79 Å². The van der Waals surface area contributed by atoms with Crippen LogP contribution in [0.5, 0.6) is 0 Å². The molecule has 1 aromatic heterocycles. The van der Waals surface area contributed by atoms with Crippen LogP contribution in [0, 0.1) is 0 Å². The molecule has 0 fully saturated rings. The molecule has 7 heteroatoms. The fourth-order valence-electron chi connectivity index (χ4n) is 1.42. The minimum Gasteiger partial charge on any atom is -0.477 e. The number of hydrogen-bond donors (Lipinski definition) is 4. The molecular formula is C12H18N4O3.